The van der Waals surface area contributed by atoms with Gasteiger partial charge in [-0.25, -0.2) is 4.98 Å². The van der Waals surface area contributed by atoms with Crippen LogP contribution in [0.1, 0.15) is 44.9 Å². The van der Waals surface area contributed by atoms with E-state index in [2.05, 4.69) is 45.5 Å². The van der Waals surface area contributed by atoms with Gasteiger partial charge in [0.15, 0.2) is 11.5 Å². The molecule has 30 heavy (non-hydrogen) atoms. The summed E-state index contributed by atoms with van der Waals surface area (Å²) in [4.78, 5) is 21.0. The number of anilines is 1. The Kier molecular flexibility index (Phi) is 3.73. The molecule has 156 valence electrons. The first-order valence-corrected chi connectivity index (χ1v) is 9.78. The molecule has 0 spiro atoms. The number of fused-ring (bicyclic) bond motifs is 2. The zero-order valence-electron chi connectivity index (χ0n) is 16.8. The number of nitrogens with one attached hydrogen (secondary N) is 2. The van der Waals surface area contributed by atoms with E-state index < -0.39 is 11.7 Å². The number of hydrogen-bond acceptors (Lipinski definition) is 4. The predicted octanol–water partition coefficient (Wildman–Crippen LogP) is 4.85. The van der Waals surface area contributed by atoms with Gasteiger partial charge in [0, 0.05) is 11.1 Å². The molecule has 0 radical (unpaired) electrons. The third kappa shape index (κ3) is 3.07. The van der Waals surface area contributed by atoms with Crippen molar-refractivity contribution in [3.05, 3.63) is 47.7 Å². The number of hydrogen-bond donors (Lipinski definition) is 2. The van der Waals surface area contributed by atoms with E-state index in [1.54, 1.807) is 12.1 Å². The first kappa shape index (κ1) is 18.8. The lowest BCUT2D eigenvalue weighted by molar-refractivity contribution is -0.286. The van der Waals surface area contributed by atoms with Gasteiger partial charge in [-0.2, -0.15) is 0 Å². The Morgan fingerprint density at radius 2 is 1.83 bits per heavy atom. The van der Waals surface area contributed by atoms with Crippen LogP contribution in [0, 0.1) is 0 Å². The van der Waals surface area contributed by atoms with Crippen molar-refractivity contribution in [2.24, 2.45) is 0 Å². The smallest absolute Gasteiger partial charge is 0.395 e. The number of carbonyl (C=O) groups is 1. The maximum absolute atomic E-state index is 13.3. The average molecular weight is 413 g/mol. The van der Waals surface area contributed by atoms with Gasteiger partial charge >= 0.3 is 6.29 Å². The molecule has 1 aliphatic carbocycles. The number of ether oxygens (including phenoxy) is 2. The van der Waals surface area contributed by atoms with E-state index in [0.717, 1.165) is 16.7 Å². The minimum absolute atomic E-state index is 0.0332. The zero-order chi connectivity index (χ0) is 21.3. The fourth-order valence-corrected chi connectivity index (χ4v) is 3.74. The second kappa shape index (κ2) is 5.93. The molecule has 3 heterocycles. The van der Waals surface area contributed by atoms with Gasteiger partial charge < -0.3 is 19.8 Å². The number of carbonyl (C=O) groups excluding carboxylic acids is 1. The molecular weight excluding hydrogens is 392 g/mol. The van der Waals surface area contributed by atoms with Crippen LogP contribution >= 0.6 is 0 Å². The molecule has 0 saturated heterocycles. The molecule has 2 aromatic heterocycles. The van der Waals surface area contributed by atoms with Gasteiger partial charge in [-0.05, 0) is 48.7 Å². The zero-order valence-corrected chi connectivity index (χ0v) is 16.8. The van der Waals surface area contributed by atoms with Crippen LogP contribution in [0.5, 0.6) is 11.5 Å². The van der Waals surface area contributed by atoms with E-state index in [1.165, 1.54) is 12.1 Å². The number of pyridine rings is 1. The Labute approximate surface area is 171 Å². The van der Waals surface area contributed by atoms with Crippen molar-refractivity contribution in [2.45, 2.75) is 50.7 Å². The van der Waals surface area contributed by atoms with Crippen LogP contribution in [0.25, 0.3) is 11.0 Å². The highest BCUT2D eigenvalue weighted by Crippen LogP contribution is 2.52. The lowest BCUT2D eigenvalue weighted by Crippen LogP contribution is -2.28. The topological polar surface area (TPSA) is 76.2 Å². The Balaban J connectivity index is 1.39. The molecule has 1 amide bonds. The van der Waals surface area contributed by atoms with E-state index in [1.807, 2.05) is 12.1 Å². The number of H-pyrrole nitrogens is 1. The first-order valence-electron chi connectivity index (χ1n) is 9.78. The molecule has 1 aromatic carbocycles. The fourth-order valence-electron chi connectivity index (χ4n) is 3.74. The second-order valence-electron chi connectivity index (χ2n) is 8.93. The molecule has 1 aliphatic heterocycles. The van der Waals surface area contributed by atoms with Crippen molar-refractivity contribution in [1.82, 2.24) is 9.97 Å². The maximum atomic E-state index is 13.3. The first-order chi connectivity index (χ1) is 14.1. The summed E-state index contributed by atoms with van der Waals surface area (Å²) in [6.45, 7) is 6.33. The number of benzene rings is 1. The summed E-state index contributed by atoms with van der Waals surface area (Å²) in [6, 6.07) is 10.1. The number of aromatic amines is 1. The monoisotopic (exact) mass is 413 g/mol. The highest BCUT2D eigenvalue weighted by Gasteiger charge is 2.53. The summed E-state index contributed by atoms with van der Waals surface area (Å²) >= 11 is 0. The molecule has 1 fully saturated rings. The molecule has 0 unspecified atom stereocenters. The van der Waals surface area contributed by atoms with Gasteiger partial charge in [-0.15, -0.1) is 8.78 Å². The average Bonchev–Trinajstić information content (AvgIpc) is 3.24. The van der Waals surface area contributed by atoms with Gasteiger partial charge in [-0.1, -0.05) is 26.8 Å². The molecule has 1 saturated carbocycles. The van der Waals surface area contributed by atoms with Crippen LogP contribution in [0.15, 0.2) is 36.4 Å². The number of nitrogens with zero attached hydrogens (tertiary/aromatic N) is 1. The van der Waals surface area contributed by atoms with Crippen LogP contribution in [0.2, 0.25) is 0 Å². The Morgan fingerprint density at radius 1 is 1.10 bits per heavy atom. The van der Waals surface area contributed by atoms with E-state index >= 15 is 0 Å². The van der Waals surface area contributed by atoms with Crippen molar-refractivity contribution in [3.8, 4) is 11.5 Å². The van der Waals surface area contributed by atoms with E-state index in [9.17, 15) is 13.6 Å². The number of alkyl halides is 2. The Hall–Kier alpha value is -3.16. The van der Waals surface area contributed by atoms with Crippen molar-refractivity contribution >= 4 is 22.8 Å². The number of amides is 1. The van der Waals surface area contributed by atoms with Crippen molar-refractivity contribution in [2.75, 3.05) is 5.32 Å². The van der Waals surface area contributed by atoms with E-state index in [4.69, 9.17) is 0 Å². The van der Waals surface area contributed by atoms with Gasteiger partial charge in [0.25, 0.3) is 0 Å². The summed E-state index contributed by atoms with van der Waals surface area (Å²) in [5, 5.41) is 2.88. The summed E-state index contributed by atoms with van der Waals surface area (Å²) < 4.78 is 35.6. The summed E-state index contributed by atoms with van der Waals surface area (Å²) in [7, 11) is 0. The SMILES string of the molecule is CC(C)(C)c1cc2nc(NC(=O)C3(c4ccc5c(c4)OC(F)(F)O5)CC3)ccc2[nH]1. The van der Waals surface area contributed by atoms with Crippen LogP contribution in [-0.2, 0) is 15.6 Å². The number of rotatable bonds is 3. The van der Waals surface area contributed by atoms with Crippen molar-refractivity contribution < 1.29 is 23.0 Å². The van der Waals surface area contributed by atoms with Crippen molar-refractivity contribution in [3.63, 3.8) is 0 Å². The van der Waals surface area contributed by atoms with Gasteiger partial charge in [0.2, 0.25) is 5.91 Å². The molecule has 2 aliphatic rings. The standard InChI is InChI=1S/C22H21F2N3O3/c1-20(2,3)17-11-14-13(25-17)5-7-18(26-14)27-19(28)21(8-9-21)12-4-6-15-16(10-12)30-22(23,24)29-15/h4-7,10-11,25H,8-9H2,1-3H3,(H,26,27,28). The van der Waals surface area contributed by atoms with Gasteiger partial charge in [-0.3, -0.25) is 4.79 Å². The summed E-state index contributed by atoms with van der Waals surface area (Å²) in [5.41, 5.74) is 2.53. The van der Waals surface area contributed by atoms with Crippen LogP contribution in [0.4, 0.5) is 14.6 Å². The molecule has 0 atom stereocenters. The Bertz CT molecular complexity index is 1180. The van der Waals surface area contributed by atoms with Crippen LogP contribution < -0.4 is 14.8 Å². The highest BCUT2D eigenvalue weighted by molar-refractivity contribution is 6.01. The fraction of sp³-hybridized carbons (Fsp3) is 0.364. The lowest BCUT2D eigenvalue weighted by Gasteiger charge is -2.16. The normalized spacial score (nSPS) is 18.4. The van der Waals surface area contributed by atoms with E-state index in [0.29, 0.717) is 24.2 Å². The quantitative estimate of drug-likeness (QED) is 0.644. The molecule has 8 heteroatoms. The molecule has 3 aromatic rings. The van der Waals surface area contributed by atoms with Gasteiger partial charge in [0.1, 0.15) is 5.82 Å². The van der Waals surface area contributed by atoms with Crippen LogP contribution in [0.3, 0.4) is 0 Å². The molecule has 5 rings (SSSR count). The maximum Gasteiger partial charge on any atom is 0.586 e. The van der Waals surface area contributed by atoms with Gasteiger partial charge in [0.05, 0.1) is 16.4 Å². The summed E-state index contributed by atoms with van der Waals surface area (Å²) in [5.74, 6) is 0.143. The molecule has 2 N–H and O–H groups in total. The third-order valence-corrected chi connectivity index (χ3v) is 5.66. The molecule has 0 bridgehead atoms. The highest BCUT2D eigenvalue weighted by atomic mass is 19.3. The second-order valence-corrected chi connectivity index (χ2v) is 8.93. The Morgan fingerprint density at radius 3 is 2.53 bits per heavy atom. The predicted molar refractivity (Wildman–Crippen MR) is 107 cm³/mol. The minimum atomic E-state index is -3.68. The van der Waals surface area contributed by atoms with Crippen molar-refractivity contribution in [1.29, 1.82) is 0 Å². The minimum Gasteiger partial charge on any atom is -0.395 e. The third-order valence-electron chi connectivity index (χ3n) is 5.66. The number of aromatic nitrogens is 2. The largest absolute Gasteiger partial charge is 0.586 e. The number of halogens is 2. The molecular formula is C22H21F2N3O3. The molecule has 6 nitrogen and oxygen atoms in total. The lowest BCUT2D eigenvalue weighted by atomic mass is 9.93. The van der Waals surface area contributed by atoms with Crippen LogP contribution in [-0.4, -0.2) is 22.2 Å². The van der Waals surface area contributed by atoms with E-state index in [-0.39, 0.29) is 22.8 Å². The summed E-state index contributed by atoms with van der Waals surface area (Å²) in [6.07, 6.45) is -2.44.